The van der Waals surface area contributed by atoms with Crippen LogP contribution in [0.3, 0.4) is 0 Å². The van der Waals surface area contributed by atoms with E-state index in [-0.39, 0.29) is 18.9 Å². The van der Waals surface area contributed by atoms with Gasteiger partial charge in [-0.1, -0.05) is 41.9 Å². The van der Waals surface area contributed by atoms with Crippen molar-refractivity contribution < 1.29 is 19.1 Å². The van der Waals surface area contributed by atoms with Gasteiger partial charge in [-0.05, 0) is 42.2 Å². The van der Waals surface area contributed by atoms with Crippen LogP contribution in [0.2, 0.25) is 0 Å². The van der Waals surface area contributed by atoms with E-state index in [9.17, 15) is 19.1 Å². The first kappa shape index (κ1) is 20.9. The van der Waals surface area contributed by atoms with Crippen LogP contribution in [0.4, 0.5) is 10.1 Å². The number of thioether (sulfide) groups is 1. The third kappa shape index (κ3) is 4.41. The molecule has 0 spiro atoms. The van der Waals surface area contributed by atoms with E-state index in [0.717, 1.165) is 22.6 Å². The standard InChI is InChI=1S/C21H21BrFNO3S/c1-3-12(2)13-5-7-18-17(8-13)24(21(27)19(28-18)10-20(25)26)11-14-4-6-15(22)9-16(14)23/h4-9,12,19H,3,10-11H2,1-2H3,(H,25,26). The maximum Gasteiger partial charge on any atom is 0.305 e. The fraction of sp³-hybridized carbons (Fsp3) is 0.333. The first-order chi connectivity index (χ1) is 13.3. The van der Waals surface area contributed by atoms with Crippen LogP contribution in [-0.4, -0.2) is 22.2 Å². The number of hydrogen-bond donors (Lipinski definition) is 1. The highest BCUT2D eigenvalue weighted by molar-refractivity contribution is 9.10. The Hall–Kier alpha value is -1.86. The molecule has 2 aromatic carbocycles. The molecule has 4 nitrogen and oxygen atoms in total. The fourth-order valence-electron chi connectivity index (χ4n) is 3.15. The van der Waals surface area contributed by atoms with Gasteiger partial charge < -0.3 is 10.0 Å². The van der Waals surface area contributed by atoms with Gasteiger partial charge in [-0.2, -0.15) is 0 Å². The highest BCUT2D eigenvalue weighted by Crippen LogP contribution is 2.42. The van der Waals surface area contributed by atoms with Crippen molar-refractivity contribution in [1.82, 2.24) is 0 Å². The Kier molecular flexibility index (Phi) is 6.45. The van der Waals surface area contributed by atoms with Crippen LogP contribution in [-0.2, 0) is 16.1 Å². The van der Waals surface area contributed by atoms with Gasteiger partial charge in [0.15, 0.2) is 0 Å². The predicted octanol–water partition coefficient (Wildman–Crippen LogP) is 5.58. The minimum atomic E-state index is -1.03. The molecule has 0 radical (unpaired) electrons. The molecule has 1 aliphatic rings. The number of aliphatic carboxylic acids is 1. The van der Waals surface area contributed by atoms with E-state index < -0.39 is 17.0 Å². The number of anilines is 1. The van der Waals surface area contributed by atoms with Crippen LogP contribution in [0.25, 0.3) is 0 Å². The van der Waals surface area contributed by atoms with Gasteiger partial charge in [0.2, 0.25) is 5.91 Å². The van der Waals surface area contributed by atoms with Crippen molar-refractivity contribution in [3.05, 3.63) is 57.8 Å². The molecule has 0 bridgehead atoms. The SMILES string of the molecule is CCC(C)c1ccc2c(c1)N(Cc1ccc(Br)cc1F)C(=O)C(CC(=O)O)S2. The maximum atomic E-state index is 14.4. The number of carbonyl (C=O) groups excluding carboxylic acids is 1. The van der Waals surface area contributed by atoms with Crippen molar-refractivity contribution in [3.63, 3.8) is 0 Å². The van der Waals surface area contributed by atoms with E-state index in [0.29, 0.717) is 16.0 Å². The van der Waals surface area contributed by atoms with E-state index in [1.165, 1.54) is 22.7 Å². The summed E-state index contributed by atoms with van der Waals surface area (Å²) in [7, 11) is 0. The zero-order chi connectivity index (χ0) is 20.4. The number of rotatable bonds is 6. The maximum absolute atomic E-state index is 14.4. The molecule has 28 heavy (non-hydrogen) atoms. The molecule has 148 valence electrons. The quantitative estimate of drug-likeness (QED) is 0.604. The molecule has 0 fully saturated rings. The van der Waals surface area contributed by atoms with Crippen molar-refractivity contribution in [2.45, 2.75) is 49.3 Å². The van der Waals surface area contributed by atoms with Gasteiger partial charge in [-0.25, -0.2) is 4.39 Å². The van der Waals surface area contributed by atoms with Crippen LogP contribution in [0.5, 0.6) is 0 Å². The van der Waals surface area contributed by atoms with Gasteiger partial charge in [0.25, 0.3) is 0 Å². The lowest BCUT2D eigenvalue weighted by Gasteiger charge is -2.34. The number of carboxylic acid groups (broad SMARTS) is 1. The number of hydrogen-bond acceptors (Lipinski definition) is 3. The van der Waals surface area contributed by atoms with Crippen molar-refractivity contribution in [1.29, 1.82) is 0 Å². The van der Waals surface area contributed by atoms with Crippen LogP contribution >= 0.6 is 27.7 Å². The van der Waals surface area contributed by atoms with Gasteiger partial charge in [0.05, 0.1) is 23.9 Å². The predicted molar refractivity (Wildman–Crippen MR) is 112 cm³/mol. The van der Waals surface area contributed by atoms with E-state index in [2.05, 4.69) is 29.8 Å². The molecule has 1 amide bonds. The Morgan fingerprint density at radius 3 is 2.71 bits per heavy atom. The molecule has 2 atom stereocenters. The largest absolute Gasteiger partial charge is 0.481 e. The summed E-state index contributed by atoms with van der Waals surface area (Å²) in [5, 5.41) is 8.46. The lowest BCUT2D eigenvalue weighted by Crippen LogP contribution is -2.41. The molecule has 7 heteroatoms. The first-order valence-corrected chi connectivity index (χ1v) is 10.7. The highest BCUT2D eigenvalue weighted by Gasteiger charge is 2.35. The van der Waals surface area contributed by atoms with Gasteiger partial charge in [0, 0.05) is 14.9 Å². The van der Waals surface area contributed by atoms with Crippen molar-refractivity contribution in [2.75, 3.05) is 4.90 Å². The third-order valence-corrected chi connectivity index (χ3v) is 6.71. The minimum absolute atomic E-state index is 0.0611. The average molecular weight is 466 g/mol. The van der Waals surface area contributed by atoms with E-state index >= 15 is 0 Å². The van der Waals surface area contributed by atoms with Crippen LogP contribution < -0.4 is 4.90 Å². The van der Waals surface area contributed by atoms with Crippen LogP contribution in [0.1, 0.15) is 43.7 Å². The van der Waals surface area contributed by atoms with Crippen molar-refractivity contribution in [2.24, 2.45) is 0 Å². The molecule has 3 rings (SSSR count). The van der Waals surface area contributed by atoms with Gasteiger partial charge in [0.1, 0.15) is 5.82 Å². The van der Waals surface area contributed by atoms with Crippen molar-refractivity contribution in [3.8, 4) is 0 Å². The highest BCUT2D eigenvalue weighted by atomic mass is 79.9. The van der Waals surface area contributed by atoms with Crippen LogP contribution in [0.15, 0.2) is 45.8 Å². The Bertz CT molecular complexity index is 921. The molecule has 1 aliphatic heterocycles. The summed E-state index contributed by atoms with van der Waals surface area (Å²) < 4.78 is 15.0. The van der Waals surface area contributed by atoms with E-state index in [1.54, 1.807) is 12.1 Å². The Labute approximate surface area is 176 Å². The number of fused-ring (bicyclic) bond motifs is 1. The zero-order valence-electron chi connectivity index (χ0n) is 15.6. The molecular formula is C21H21BrFNO3S. The molecule has 2 unspecified atom stereocenters. The first-order valence-electron chi connectivity index (χ1n) is 9.07. The number of amides is 1. The summed E-state index contributed by atoms with van der Waals surface area (Å²) in [6, 6.07) is 10.7. The average Bonchev–Trinajstić information content (AvgIpc) is 2.65. The summed E-state index contributed by atoms with van der Waals surface area (Å²) in [6.07, 6.45) is 0.693. The Morgan fingerprint density at radius 2 is 2.07 bits per heavy atom. The summed E-state index contributed by atoms with van der Waals surface area (Å²) >= 11 is 4.51. The zero-order valence-corrected chi connectivity index (χ0v) is 18.0. The Morgan fingerprint density at radius 1 is 1.32 bits per heavy atom. The number of halogens is 2. The van der Waals surface area contributed by atoms with Gasteiger partial charge in [-0.3, -0.25) is 9.59 Å². The smallest absolute Gasteiger partial charge is 0.305 e. The monoisotopic (exact) mass is 465 g/mol. The second kappa shape index (κ2) is 8.66. The van der Waals surface area contributed by atoms with E-state index in [4.69, 9.17) is 0 Å². The summed E-state index contributed by atoms with van der Waals surface area (Å²) in [4.78, 5) is 26.7. The summed E-state index contributed by atoms with van der Waals surface area (Å²) in [5.74, 6) is -1.41. The second-order valence-corrected chi connectivity index (χ2v) is 9.06. The summed E-state index contributed by atoms with van der Waals surface area (Å²) in [5.41, 5.74) is 2.21. The lowest BCUT2D eigenvalue weighted by atomic mass is 9.97. The third-order valence-electron chi connectivity index (χ3n) is 4.97. The lowest BCUT2D eigenvalue weighted by molar-refractivity contribution is -0.138. The second-order valence-electron chi connectivity index (χ2n) is 6.90. The fourth-order valence-corrected chi connectivity index (χ4v) is 4.68. The molecule has 0 aromatic heterocycles. The number of carbonyl (C=O) groups is 2. The van der Waals surface area contributed by atoms with E-state index in [1.807, 2.05) is 18.2 Å². The number of benzene rings is 2. The molecule has 0 saturated carbocycles. The molecule has 0 saturated heterocycles. The minimum Gasteiger partial charge on any atom is -0.481 e. The topological polar surface area (TPSA) is 57.6 Å². The van der Waals surface area contributed by atoms with Gasteiger partial charge in [-0.15, -0.1) is 11.8 Å². The normalized spacial score (nSPS) is 17.4. The number of carboxylic acids is 1. The number of nitrogens with zero attached hydrogens (tertiary/aromatic N) is 1. The molecular weight excluding hydrogens is 445 g/mol. The van der Waals surface area contributed by atoms with Crippen LogP contribution in [0, 0.1) is 5.82 Å². The van der Waals surface area contributed by atoms with Gasteiger partial charge >= 0.3 is 5.97 Å². The molecule has 0 aliphatic carbocycles. The molecule has 1 heterocycles. The molecule has 1 N–H and O–H groups in total. The summed E-state index contributed by atoms with van der Waals surface area (Å²) in [6.45, 7) is 4.28. The van der Waals surface area contributed by atoms with Crippen molar-refractivity contribution >= 4 is 45.3 Å². The molecule has 2 aromatic rings. The Balaban J connectivity index is 2.03.